The molecule has 2 rings (SSSR count). The van der Waals surface area contributed by atoms with Crippen molar-refractivity contribution in [2.75, 3.05) is 12.4 Å². The van der Waals surface area contributed by atoms with Gasteiger partial charge < -0.3 is 14.8 Å². The van der Waals surface area contributed by atoms with E-state index in [9.17, 15) is 0 Å². The largest absolute Gasteiger partial charge is 0.493 e. The third kappa shape index (κ3) is 3.60. The van der Waals surface area contributed by atoms with Crippen molar-refractivity contribution in [1.82, 2.24) is 9.97 Å². The summed E-state index contributed by atoms with van der Waals surface area (Å²) in [5, 5.41) is 12.1. The zero-order valence-electron chi connectivity index (χ0n) is 12.1. The average molecular weight is 284 g/mol. The molecule has 21 heavy (non-hydrogen) atoms. The smallest absolute Gasteiger partial charge is 0.183 e. The maximum Gasteiger partial charge on any atom is 0.183 e. The van der Waals surface area contributed by atoms with Crippen LogP contribution in [0.3, 0.4) is 0 Å². The van der Waals surface area contributed by atoms with E-state index in [-0.39, 0.29) is 11.8 Å². The Bertz CT molecular complexity index is 665. The minimum Gasteiger partial charge on any atom is -0.493 e. The molecule has 0 aliphatic carbocycles. The topological polar surface area (TPSA) is 80.1 Å². The van der Waals surface area contributed by atoms with Crippen molar-refractivity contribution in [3.05, 3.63) is 36.3 Å². The van der Waals surface area contributed by atoms with Gasteiger partial charge in [-0.15, -0.1) is 0 Å². The van der Waals surface area contributed by atoms with Gasteiger partial charge in [0.2, 0.25) is 0 Å². The number of rotatable bonds is 5. The van der Waals surface area contributed by atoms with Gasteiger partial charge in [-0.3, -0.25) is 0 Å². The molecule has 0 fully saturated rings. The summed E-state index contributed by atoms with van der Waals surface area (Å²) in [7, 11) is 1.58. The molecule has 0 radical (unpaired) electrons. The molecule has 0 saturated heterocycles. The number of benzene rings is 1. The van der Waals surface area contributed by atoms with Crippen molar-refractivity contribution in [2.45, 2.75) is 20.0 Å². The number of nitrogens with zero attached hydrogens (tertiary/aromatic N) is 3. The lowest BCUT2D eigenvalue weighted by molar-refractivity contribution is 0.230. The predicted molar refractivity (Wildman–Crippen MR) is 78.8 cm³/mol. The van der Waals surface area contributed by atoms with Crippen LogP contribution < -0.4 is 14.8 Å². The fourth-order valence-corrected chi connectivity index (χ4v) is 1.74. The Morgan fingerprint density at radius 2 is 1.95 bits per heavy atom. The third-order valence-corrected chi connectivity index (χ3v) is 2.59. The molecule has 0 unspecified atom stereocenters. The number of hydrogen-bond donors (Lipinski definition) is 1. The van der Waals surface area contributed by atoms with Gasteiger partial charge in [0.1, 0.15) is 6.07 Å². The highest BCUT2D eigenvalue weighted by molar-refractivity contribution is 5.64. The molecule has 6 heteroatoms. The zero-order valence-corrected chi connectivity index (χ0v) is 12.1. The Morgan fingerprint density at radius 1 is 1.19 bits per heavy atom. The van der Waals surface area contributed by atoms with E-state index in [1.165, 1.54) is 12.4 Å². The molecule has 0 amide bonds. The zero-order chi connectivity index (χ0) is 15.2. The second-order valence-electron chi connectivity index (χ2n) is 4.52. The summed E-state index contributed by atoms with van der Waals surface area (Å²) in [5.41, 5.74) is 0.971. The number of nitriles is 1. The monoisotopic (exact) mass is 284 g/mol. The van der Waals surface area contributed by atoms with Crippen LogP contribution in [0.5, 0.6) is 11.5 Å². The Balaban J connectivity index is 2.27. The van der Waals surface area contributed by atoms with Gasteiger partial charge in [0.15, 0.2) is 23.0 Å². The highest BCUT2D eigenvalue weighted by atomic mass is 16.5. The van der Waals surface area contributed by atoms with Crippen LogP contribution in [-0.4, -0.2) is 23.2 Å². The van der Waals surface area contributed by atoms with Crippen molar-refractivity contribution in [3.63, 3.8) is 0 Å². The second kappa shape index (κ2) is 6.57. The van der Waals surface area contributed by atoms with Crippen molar-refractivity contribution >= 4 is 11.5 Å². The van der Waals surface area contributed by atoms with Crippen molar-refractivity contribution in [3.8, 4) is 17.6 Å². The molecule has 108 valence electrons. The van der Waals surface area contributed by atoms with Crippen LogP contribution in [0, 0.1) is 11.3 Å². The third-order valence-electron chi connectivity index (χ3n) is 2.59. The van der Waals surface area contributed by atoms with Crippen LogP contribution >= 0.6 is 0 Å². The summed E-state index contributed by atoms with van der Waals surface area (Å²) in [6.45, 7) is 3.90. The van der Waals surface area contributed by atoms with Crippen LogP contribution in [0.25, 0.3) is 0 Å². The quantitative estimate of drug-likeness (QED) is 0.909. The Labute approximate surface area is 123 Å². The normalized spacial score (nSPS) is 10.0. The van der Waals surface area contributed by atoms with Gasteiger partial charge in [-0.1, -0.05) is 0 Å². The van der Waals surface area contributed by atoms with E-state index in [0.29, 0.717) is 17.3 Å². The molecule has 6 nitrogen and oxygen atoms in total. The predicted octanol–water partition coefficient (Wildman–Crippen LogP) is 2.89. The lowest BCUT2D eigenvalue weighted by atomic mass is 10.2. The first-order chi connectivity index (χ1) is 10.1. The molecule has 0 bridgehead atoms. The van der Waals surface area contributed by atoms with Gasteiger partial charge >= 0.3 is 0 Å². The molecule has 0 saturated carbocycles. The van der Waals surface area contributed by atoms with E-state index in [1.807, 2.05) is 32.0 Å². The SMILES string of the molecule is COc1cc(Nc2nccnc2C#N)ccc1OC(C)C. The van der Waals surface area contributed by atoms with Crippen molar-refractivity contribution in [1.29, 1.82) is 5.26 Å². The summed E-state index contributed by atoms with van der Waals surface area (Å²) in [6.07, 6.45) is 3.06. The fraction of sp³-hybridized carbons (Fsp3) is 0.267. The van der Waals surface area contributed by atoms with Gasteiger partial charge in [-0.05, 0) is 26.0 Å². The average Bonchev–Trinajstić information content (AvgIpc) is 2.49. The molecular formula is C15H16N4O2. The van der Waals surface area contributed by atoms with Gasteiger partial charge in [0.05, 0.1) is 13.2 Å². The molecule has 0 spiro atoms. The first kappa shape index (κ1) is 14.6. The maximum absolute atomic E-state index is 9.00. The van der Waals surface area contributed by atoms with E-state index in [0.717, 1.165) is 5.69 Å². The summed E-state index contributed by atoms with van der Waals surface area (Å²) >= 11 is 0. The highest BCUT2D eigenvalue weighted by Gasteiger charge is 2.09. The molecule has 1 N–H and O–H groups in total. The summed E-state index contributed by atoms with van der Waals surface area (Å²) in [5.74, 6) is 1.67. The highest BCUT2D eigenvalue weighted by Crippen LogP contribution is 2.32. The van der Waals surface area contributed by atoms with E-state index < -0.39 is 0 Å². The van der Waals surface area contributed by atoms with Crippen molar-refractivity contribution in [2.24, 2.45) is 0 Å². The number of hydrogen-bond acceptors (Lipinski definition) is 6. The lowest BCUT2D eigenvalue weighted by Gasteiger charge is -2.15. The van der Waals surface area contributed by atoms with Gasteiger partial charge in [-0.2, -0.15) is 5.26 Å². The van der Waals surface area contributed by atoms with Gasteiger partial charge in [0, 0.05) is 24.1 Å². The van der Waals surface area contributed by atoms with E-state index in [1.54, 1.807) is 13.2 Å². The molecular weight excluding hydrogens is 268 g/mol. The number of methoxy groups -OCH3 is 1. The molecule has 0 atom stereocenters. The van der Waals surface area contributed by atoms with E-state index in [4.69, 9.17) is 14.7 Å². The molecule has 0 aliphatic rings. The van der Waals surface area contributed by atoms with Crippen LogP contribution in [0.15, 0.2) is 30.6 Å². The first-order valence-corrected chi connectivity index (χ1v) is 6.47. The Hall–Kier alpha value is -2.81. The summed E-state index contributed by atoms with van der Waals surface area (Å²) in [6, 6.07) is 7.41. The van der Waals surface area contributed by atoms with Gasteiger partial charge in [-0.25, -0.2) is 9.97 Å². The Kier molecular flexibility index (Phi) is 4.57. The number of nitrogens with one attached hydrogen (secondary N) is 1. The van der Waals surface area contributed by atoms with Crippen LogP contribution in [0.4, 0.5) is 11.5 Å². The van der Waals surface area contributed by atoms with E-state index in [2.05, 4.69) is 15.3 Å². The summed E-state index contributed by atoms with van der Waals surface area (Å²) in [4.78, 5) is 8.05. The second-order valence-corrected chi connectivity index (χ2v) is 4.52. The van der Waals surface area contributed by atoms with E-state index >= 15 is 0 Å². The van der Waals surface area contributed by atoms with Crippen LogP contribution in [-0.2, 0) is 0 Å². The molecule has 2 aromatic rings. The fourth-order valence-electron chi connectivity index (χ4n) is 1.74. The number of anilines is 2. The Morgan fingerprint density at radius 3 is 2.62 bits per heavy atom. The molecule has 1 aromatic carbocycles. The first-order valence-electron chi connectivity index (χ1n) is 6.47. The minimum atomic E-state index is 0.0582. The number of aromatic nitrogens is 2. The molecule has 1 aromatic heterocycles. The van der Waals surface area contributed by atoms with Crippen molar-refractivity contribution < 1.29 is 9.47 Å². The number of ether oxygens (including phenoxy) is 2. The maximum atomic E-state index is 9.00. The summed E-state index contributed by atoms with van der Waals surface area (Å²) < 4.78 is 11.0. The molecule has 0 aliphatic heterocycles. The standard InChI is InChI=1S/C15H16N4O2/c1-10(2)21-13-5-4-11(8-14(13)20-3)19-15-12(9-16)17-6-7-18-15/h4-8,10H,1-3H3,(H,18,19). The minimum absolute atomic E-state index is 0.0582. The van der Waals surface area contributed by atoms with Gasteiger partial charge in [0.25, 0.3) is 0 Å². The molecule has 1 heterocycles. The van der Waals surface area contributed by atoms with Crippen LogP contribution in [0.2, 0.25) is 0 Å². The van der Waals surface area contributed by atoms with Crippen LogP contribution in [0.1, 0.15) is 19.5 Å². The lowest BCUT2D eigenvalue weighted by Crippen LogP contribution is -2.07.